The molecule has 1 amide bonds. The van der Waals surface area contributed by atoms with Gasteiger partial charge in [0.2, 0.25) is 0 Å². The number of anilines is 1. The van der Waals surface area contributed by atoms with Crippen molar-refractivity contribution >= 4 is 43.5 Å². The van der Waals surface area contributed by atoms with E-state index in [-0.39, 0.29) is 5.91 Å². The molecule has 5 aromatic rings. The van der Waals surface area contributed by atoms with Crippen molar-refractivity contribution in [2.24, 2.45) is 0 Å². The van der Waals surface area contributed by atoms with E-state index in [0.717, 1.165) is 26.7 Å². The van der Waals surface area contributed by atoms with E-state index in [1.54, 1.807) is 32.5 Å². The van der Waals surface area contributed by atoms with E-state index < -0.39 is 0 Å². The first-order valence-corrected chi connectivity index (χ1v) is 11.3. The first-order chi connectivity index (χ1) is 16.5. The van der Waals surface area contributed by atoms with Crippen LogP contribution in [0.2, 0.25) is 0 Å². The maximum atomic E-state index is 12.6. The lowest BCUT2D eigenvalue weighted by atomic mass is 10.1. The largest absolute Gasteiger partial charge is 0.493 e. The number of hydrogen-bond acceptors (Lipinski definition) is 7. The van der Waals surface area contributed by atoms with Crippen LogP contribution in [-0.2, 0) is 0 Å². The summed E-state index contributed by atoms with van der Waals surface area (Å²) in [6.07, 6.45) is 1.69. The number of aromatic nitrogens is 2. The molecule has 0 saturated heterocycles. The molecule has 7 nitrogen and oxygen atoms in total. The van der Waals surface area contributed by atoms with Gasteiger partial charge in [-0.15, -0.1) is 0 Å². The van der Waals surface area contributed by atoms with Crippen molar-refractivity contribution in [1.29, 1.82) is 0 Å². The van der Waals surface area contributed by atoms with E-state index in [9.17, 15) is 4.79 Å². The zero-order chi connectivity index (χ0) is 23.7. The summed E-state index contributed by atoms with van der Waals surface area (Å²) in [6, 6.07) is 18.5. The normalized spacial score (nSPS) is 10.9. The van der Waals surface area contributed by atoms with Crippen LogP contribution in [0.4, 0.5) is 5.13 Å². The number of aryl methyl sites for hydroxylation is 1. The minimum atomic E-state index is -0.188. The average Bonchev–Trinajstić information content (AvgIpc) is 3.24. The van der Waals surface area contributed by atoms with Gasteiger partial charge in [0.25, 0.3) is 5.91 Å². The lowest BCUT2D eigenvalue weighted by molar-refractivity contribution is 0.102. The summed E-state index contributed by atoms with van der Waals surface area (Å²) in [7, 11) is 3.18. The van der Waals surface area contributed by atoms with Gasteiger partial charge in [0.15, 0.2) is 16.6 Å². The van der Waals surface area contributed by atoms with Crippen LogP contribution >= 0.6 is 11.3 Å². The Bertz CT molecular complexity index is 1530. The predicted molar refractivity (Wildman–Crippen MR) is 134 cm³/mol. The fraction of sp³-hybridized carbons (Fsp3) is 0.115. The Morgan fingerprint density at radius 2 is 1.74 bits per heavy atom. The zero-order valence-electron chi connectivity index (χ0n) is 18.8. The zero-order valence-corrected chi connectivity index (χ0v) is 19.6. The number of amides is 1. The second kappa shape index (κ2) is 8.99. The summed E-state index contributed by atoms with van der Waals surface area (Å²) in [5.41, 5.74) is 3.14. The van der Waals surface area contributed by atoms with Crippen molar-refractivity contribution < 1.29 is 19.0 Å². The molecule has 2 aromatic heterocycles. The molecule has 0 aliphatic heterocycles. The van der Waals surface area contributed by atoms with Crippen molar-refractivity contribution in [3.63, 3.8) is 0 Å². The minimum Gasteiger partial charge on any atom is -0.493 e. The fourth-order valence-electron chi connectivity index (χ4n) is 3.64. The number of methoxy groups -OCH3 is 2. The smallest absolute Gasteiger partial charge is 0.257 e. The van der Waals surface area contributed by atoms with E-state index in [1.807, 2.05) is 55.5 Å². The number of hydrogen-bond donors (Lipinski definition) is 1. The Balaban J connectivity index is 1.42. The minimum absolute atomic E-state index is 0.188. The summed E-state index contributed by atoms with van der Waals surface area (Å²) >= 11 is 1.39. The SMILES string of the molecule is COc1cc2nccc(Oc3ccc4nc(NC(=O)c5cccc(C)c5)sc4c3)c2cc1OC. The van der Waals surface area contributed by atoms with Gasteiger partial charge in [-0.1, -0.05) is 29.0 Å². The van der Waals surface area contributed by atoms with Gasteiger partial charge in [0, 0.05) is 29.3 Å². The molecule has 34 heavy (non-hydrogen) atoms. The fourth-order valence-corrected chi connectivity index (χ4v) is 4.53. The number of fused-ring (bicyclic) bond motifs is 2. The number of nitrogens with one attached hydrogen (secondary N) is 1. The Hall–Kier alpha value is -4.17. The second-order valence-electron chi connectivity index (χ2n) is 7.61. The van der Waals surface area contributed by atoms with Crippen LogP contribution in [0.1, 0.15) is 15.9 Å². The molecule has 0 spiro atoms. The molecule has 8 heteroatoms. The van der Waals surface area contributed by atoms with Crippen LogP contribution in [0.15, 0.2) is 66.9 Å². The highest BCUT2D eigenvalue weighted by atomic mass is 32.1. The summed E-state index contributed by atoms with van der Waals surface area (Å²) < 4.78 is 17.9. The summed E-state index contributed by atoms with van der Waals surface area (Å²) in [6.45, 7) is 1.95. The van der Waals surface area contributed by atoms with Gasteiger partial charge in [-0.3, -0.25) is 15.1 Å². The molecule has 2 heterocycles. The van der Waals surface area contributed by atoms with Gasteiger partial charge in [-0.25, -0.2) is 4.98 Å². The van der Waals surface area contributed by atoms with E-state index in [1.165, 1.54) is 11.3 Å². The van der Waals surface area contributed by atoms with Crippen molar-refractivity contribution in [2.45, 2.75) is 6.92 Å². The number of rotatable bonds is 6. The average molecular weight is 472 g/mol. The molecular formula is C26H21N3O4S. The summed E-state index contributed by atoms with van der Waals surface area (Å²) in [5, 5.41) is 4.22. The molecule has 0 fully saturated rings. The summed E-state index contributed by atoms with van der Waals surface area (Å²) in [4.78, 5) is 21.5. The molecule has 0 bridgehead atoms. The number of nitrogens with zero attached hydrogens (tertiary/aromatic N) is 2. The molecule has 5 rings (SSSR count). The van der Waals surface area contributed by atoms with E-state index in [0.29, 0.717) is 33.7 Å². The Morgan fingerprint density at radius 1 is 0.912 bits per heavy atom. The Morgan fingerprint density at radius 3 is 2.53 bits per heavy atom. The third-order valence-corrected chi connectivity index (χ3v) is 6.23. The number of ether oxygens (including phenoxy) is 3. The number of carbonyl (C=O) groups is 1. The van der Waals surface area contributed by atoms with Gasteiger partial charge in [0.05, 0.1) is 30.0 Å². The number of benzene rings is 3. The Kier molecular flexibility index (Phi) is 5.73. The third-order valence-electron chi connectivity index (χ3n) is 5.30. The highest BCUT2D eigenvalue weighted by Crippen LogP contribution is 2.38. The van der Waals surface area contributed by atoms with E-state index in [2.05, 4.69) is 15.3 Å². The van der Waals surface area contributed by atoms with Crippen molar-refractivity contribution in [3.8, 4) is 23.0 Å². The van der Waals surface area contributed by atoms with Crippen LogP contribution in [0.3, 0.4) is 0 Å². The van der Waals surface area contributed by atoms with Crippen molar-refractivity contribution in [2.75, 3.05) is 19.5 Å². The monoisotopic (exact) mass is 471 g/mol. The van der Waals surface area contributed by atoms with Crippen LogP contribution in [0.5, 0.6) is 23.0 Å². The highest BCUT2D eigenvalue weighted by Gasteiger charge is 2.13. The van der Waals surface area contributed by atoms with Gasteiger partial charge in [-0.2, -0.15) is 0 Å². The quantitative estimate of drug-likeness (QED) is 0.317. The first-order valence-electron chi connectivity index (χ1n) is 10.5. The molecule has 0 atom stereocenters. The molecule has 0 saturated carbocycles. The van der Waals surface area contributed by atoms with Gasteiger partial charge < -0.3 is 14.2 Å². The standard InChI is InChI=1S/C26H21N3O4S/c1-15-5-4-6-16(11-15)25(30)29-26-28-19-8-7-17(12-24(19)34-26)33-21-9-10-27-20-14-23(32-3)22(31-2)13-18(20)21/h4-14H,1-3H3,(H,28,29,30). The number of carbonyl (C=O) groups excluding carboxylic acids is 1. The molecule has 1 N–H and O–H groups in total. The maximum absolute atomic E-state index is 12.6. The van der Waals surface area contributed by atoms with Crippen LogP contribution in [0.25, 0.3) is 21.1 Å². The molecule has 170 valence electrons. The van der Waals surface area contributed by atoms with Crippen molar-refractivity contribution in [3.05, 3.63) is 78.0 Å². The molecule has 3 aromatic carbocycles. The second-order valence-corrected chi connectivity index (χ2v) is 8.64. The lowest BCUT2D eigenvalue weighted by Gasteiger charge is -2.12. The van der Waals surface area contributed by atoms with Crippen LogP contribution in [-0.4, -0.2) is 30.1 Å². The van der Waals surface area contributed by atoms with E-state index in [4.69, 9.17) is 14.2 Å². The summed E-state index contributed by atoms with van der Waals surface area (Å²) in [5.74, 6) is 2.30. The molecule has 0 aliphatic carbocycles. The highest BCUT2D eigenvalue weighted by molar-refractivity contribution is 7.22. The van der Waals surface area contributed by atoms with Crippen LogP contribution < -0.4 is 19.5 Å². The molecule has 0 aliphatic rings. The van der Waals surface area contributed by atoms with Gasteiger partial charge >= 0.3 is 0 Å². The molecule has 0 radical (unpaired) electrons. The Labute approximate surface area is 200 Å². The molecular weight excluding hydrogens is 450 g/mol. The third kappa shape index (κ3) is 4.23. The number of pyridine rings is 1. The first kappa shape index (κ1) is 21.7. The van der Waals surface area contributed by atoms with Crippen LogP contribution in [0, 0.1) is 6.92 Å². The van der Waals surface area contributed by atoms with Gasteiger partial charge in [-0.05, 0) is 43.3 Å². The van der Waals surface area contributed by atoms with Gasteiger partial charge in [0.1, 0.15) is 11.5 Å². The lowest BCUT2D eigenvalue weighted by Crippen LogP contribution is -2.11. The van der Waals surface area contributed by atoms with E-state index >= 15 is 0 Å². The topological polar surface area (TPSA) is 82.6 Å². The number of thiazole rings is 1. The maximum Gasteiger partial charge on any atom is 0.257 e. The molecule has 0 unspecified atom stereocenters. The van der Waals surface area contributed by atoms with Crippen molar-refractivity contribution in [1.82, 2.24) is 9.97 Å². The predicted octanol–water partition coefficient (Wildman–Crippen LogP) is 6.21.